The van der Waals surface area contributed by atoms with Gasteiger partial charge in [0.2, 0.25) is 0 Å². The van der Waals surface area contributed by atoms with Gasteiger partial charge in [-0.3, -0.25) is 0 Å². The predicted molar refractivity (Wildman–Crippen MR) is 114 cm³/mol. The third kappa shape index (κ3) is 3.11. The molecular formula is C23H17BrClN. The predicted octanol–water partition coefficient (Wildman–Crippen LogP) is 7.44. The van der Waals surface area contributed by atoms with Gasteiger partial charge in [-0.2, -0.15) is 0 Å². The Morgan fingerprint density at radius 1 is 0.731 bits per heavy atom. The van der Waals surface area contributed by atoms with Crippen molar-refractivity contribution in [1.82, 2.24) is 4.57 Å². The Balaban J connectivity index is 2.01. The Morgan fingerprint density at radius 2 is 1.35 bits per heavy atom. The second-order valence-electron chi connectivity index (χ2n) is 6.21. The van der Waals surface area contributed by atoms with Crippen LogP contribution in [-0.4, -0.2) is 4.57 Å². The molecular weight excluding hydrogens is 406 g/mol. The van der Waals surface area contributed by atoms with Gasteiger partial charge in [-0.05, 0) is 34.9 Å². The molecule has 0 atom stereocenters. The van der Waals surface area contributed by atoms with Gasteiger partial charge < -0.3 is 4.57 Å². The molecule has 0 unspecified atom stereocenters. The smallest absolute Gasteiger partial charge is 0.0562 e. The lowest BCUT2D eigenvalue weighted by Gasteiger charge is -2.11. The summed E-state index contributed by atoms with van der Waals surface area (Å²) < 4.78 is 3.26. The van der Waals surface area contributed by atoms with E-state index < -0.39 is 0 Å². The summed E-state index contributed by atoms with van der Waals surface area (Å²) in [5.74, 6) is 0. The molecule has 0 bridgehead atoms. The summed E-state index contributed by atoms with van der Waals surface area (Å²) in [6.07, 6.45) is 0. The zero-order valence-corrected chi connectivity index (χ0v) is 16.6. The second kappa shape index (κ2) is 7.14. The van der Waals surface area contributed by atoms with Gasteiger partial charge in [0.15, 0.2) is 0 Å². The molecule has 0 radical (unpaired) electrons. The van der Waals surface area contributed by atoms with Gasteiger partial charge in [-0.25, -0.2) is 0 Å². The molecule has 3 aromatic carbocycles. The summed E-state index contributed by atoms with van der Waals surface area (Å²) in [6, 6.07) is 29.2. The first-order valence-electron chi connectivity index (χ1n) is 8.41. The Labute approximate surface area is 167 Å². The van der Waals surface area contributed by atoms with Crippen LogP contribution in [-0.2, 0) is 7.05 Å². The van der Waals surface area contributed by atoms with Crippen LogP contribution < -0.4 is 0 Å². The molecule has 0 N–H and O–H groups in total. The quantitative estimate of drug-likeness (QED) is 0.323. The summed E-state index contributed by atoms with van der Waals surface area (Å²) in [7, 11) is 2.12. The topological polar surface area (TPSA) is 4.93 Å². The van der Waals surface area contributed by atoms with Crippen molar-refractivity contribution in [2.75, 3.05) is 0 Å². The first kappa shape index (κ1) is 17.1. The number of rotatable bonds is 3. The second-order valence-corrected chi connectivity index (χ2v) is 7.50. The highest BCUT2D eigenvalue weighted by Gasteiger charge is 2.18. The van der Waals surface area contributed by atoms with Gasteiger partial charge in [0.05, 0.1) is 5.69 Å². The summed E-state index contributed by atoms with van der Waals surface area (Å²) >= 11 is 9.85. The summed E-state index contributed by atoms with van der Waals surface area (Å²) in [5, 5.41) is 0.723. The van der Waals surface area contributed by atoms with E-state index in [0.29, 0.717) is 0 Å². The van der Waals surface area contributed by atoms with E-state index in [2.05, 4.69) is 88.2 Å². The average molecular weight is 423 g/mol. The molecule has 0 aliphatic carbocycles. The van der Waals surface area contributed by atoms with E-state index >= 15 is 0 Å². The molecule has 0 saturated carbocycles. The fraction of sp³-hybridized carbons (Fsp3) is 0.0435. The maximum atomic E-state index is 6.16. The molecule has 128 valence electrons. The van der Waals surface area contributed by atoms with Crippen LogP contribution in [0.3, 0.4) is 0 Å². The van der Waals surface area contributed by atoms with Crippen LogP contribution >= 0.6 is 27.5 Å². The SMILES string of the molecule is Cn1c(-c2ccccc2)cc(-c2ccc(Cl)cc2Br)c1-c1ccccc1. The highest BCUT2D eigenvalue weighted by atomic mass is 79.9. The zero-order valence-electron chi connectivity index (χ0n) is 14.3. The Morgan fingerprint density at radius 3 is 1.96 bits per heavy atom. The molecule has 0 aliphatic heterocycles. The molecule has 0 saturated heterocycles. The summed E-state index contributed by atoms with van der Waals surface area (Å²) in [5.41, 5.74) is 7.07. The van der Waals surface area contributed by atoms with E-state index in [9.17, 15) is 0 Å². The van der Waals surface area contributed by atoms with E-state index in [4.69, 9.17) is 11.6 Å². The van der Waals surface area contributed by atoms with Crippen LogP contribution in [0.1, 0.15) is 0 Å². The van der Waals surface area contributed by atoms with Crippen molar-refractivity contribution in [3.63, 3.8) is 0 Å². The number of halogens is 2. The number of hydrogen-bond acceptors (Lipinski definition) is 0. The van der Waals surface area contributed by atoms with Crippen molar-refractivity contribution in [2.24, 2.45) is 7.05 Å². The van der Waals surface area contributed by atoms with Gasteiger partial charge >= 0.3 is 0 Å². The molecule has 0 amide bonds. The van der Waals surface area contributed by atoms with Crippen molar-refractivity contribution in [2.45, 2.75) is 0 Å². The van der Waals surface area contributed by atoms with E-state index in [1.807, 2.05) is 24.3 Å². The van der Waals surface area contributed by atoms with Crippen molar-refractivity contribution >= 4 is 27.5 Å². The minimum absolute atomic E-state index is 0.723. The Kier molecular flexibility index (Phi) is 4.71. The first-order chi connectivity index (χ1) is 12.6. The lowest BCUT2D eigenvalue weighted by molar-refractivity contribution is 0.946. The van der Waals surface area contributed by atoms with E-state index in [1.165, 1.54) is 28.1 Å². The third-order valence-corrected chi connectivity index (χ3v) is 5.46. The van der Waals surface area contributed by atoms with Crippen LogP contribution in [0.5, 0.6) is 0 Å². The maximum Gasteiger partial charge on any atom is 0.0562 e. The minimum atomic E-state index is 0.723. The van der Waals surface area contributed by atoms with Crippen LogP contribution in [0.25, 0.3) is 33.6 Å². The molecule has 3 heteroatoms. The normalized spacial score (nSPS) is 10.9. The lowest BCUT2D eigenvalue weighted by atomic mass is 10.0. The zero-order chi connectivity index (χ0) is 18.1. The molecule has 0 spiro atoms. The highest BCUT2D eigenvalue weighted by Crippen LogP contribution is 2.41. The number of aromatic nitrogens is 1. The monoisotopic (exact) mass is 421 g/mol. The van der Waals surface area contributed by atoms with Gasteiger partial charge in [-0.1, -0.05) is 94.3 Å². The Bertz CT molecular complexity index is 1050. The van der Waals surface area contributed by atoms with Gasteiger partial charge in [0, 0.05) is 27.8 Å². The fourth-order valence-electron chi connectivity index (χ4n) is 3.35. The maximum absolute atomic E-state index is 6.16. The molecule has 4 rings (SSSR count). The van der Waals surface area contributed by atoms with Crippen molar-refractivity contribution < 1.29 is 0 Å². The van der Waals surface area contributed by atoms with Gasteiger partial charge in [0.1, 0.15) is 0 Å². The van der Waals surface area contributed by atoms with E-state index in [-0.39, 0.29) is 0 Å². The first-order valence-corrected chi connectivity index (χ1v) is 9.58. The van der Waals surface area contributed by atoms with Crippen LogP contribution in [0.4, 0.5) is 0 Å². The van der Waals surface area contributed by atoms with E-state index in [0.717, 1.165) is 15.1 Å². The minimum Gasteiger partial charge on any atom is -0.343 e. The van der Waals surface area contributed by atoms with E-state index in [1.54, 1.807) is 0 Å². The highest BCUT2D eigenvalue weighted by molar-refractivity contribution is 9.10. The van der Waals surface area contributed by atoms with Gasteiger partial charge in [-0.15, -0.1) is 0 Å². The molecule has 1 nitrogen and oxygen atoms in total. The largest absolute Gasteiger partial charge is 0.343 e. The molecule has 1 aromatic heterocycles. The standard InChI is InChI=1S/C23H17BrClN/c1-26-22(16-8-4-2-5-9-16)15-20(19-13-12-18(25)14-21(19)24)23(26)17-10-6-3-7-11-17/h2-15H,1H3. The number of nitrogens with zero attached hydrogens (tertiary/aromatic N) is 1. The molecule has 1 heterocycles. The molecule has 0 fully saturated rings. The van der Waals surface area contributed by atoms with Crippen molar-refractivity contribution in [1.29, 1.82) is 0 Å². The van der Waals surface area contributed by atoms with Crippen molar-refractivity contribution in [3.8, 4) is 33.6 Å². The lowest BCUT2D eigenvalue weighted by Crippen LogP contribution is -1.95. The average Bonchev–Trinajstić information content (AvgIpc) is 3.00. The molecule has 26 heavy (non-hydrogen) atoms. The van der Waals surface area contributed by atoms with Crippen LogP contribution in [0, 0.1) is 0 Å². The van der Waals surface area contributed by atoms with Crippen LogP contribution in [0.2, 0.25) is 5.02 Å². The number of benzene rings is 3. The fourth-order valence-corrected chi connectivity index (χ4v) is 4.24. The molecule has 0 aliphatic rings. The van der Waals surface area contributed by atoms with Crippen molar-refractivity contribution in [3.05, 3.63) is 94.4 Å². The summed E-state index contributed by atoms with van der Waals surface area (Å²) in [6.45, 7) is 0. The molecule has 4 aromatic rings. The Hall–Kier alpha value is -2.29. The van der Waals surface area contributed by atoms with Crippen LogP contribution in [0.15, 0.2) is 89.4 Å². The summed E-state index contributed by atoms with van der Waals surface area (Å²) in [4.78, 5) is 0. The third-order valence-electron chi connectivity index (χ3n) is 4.57. The van der Waals surface area contributed by atoms with Gasteiger partial charge in [0.25, 0.3) is 0 Å². The number of hydrogen-bond donors (Lipinski definition) is 0.